The van der Waals surface area contributed by atoms with Gasteiger partial charge in [0, 0.05) is 11.1 Å². The molecule has 0 bridgehead atoms. The number of nitrogens with zero attached hydrogens (tertiary/aromatic N) is 1. The molecule has 0 saturated heterocycles. The number of hydrogen-bond acceptors (Lipinski definition) is 5. The highest BCUT2D eigenvalue weighted by Crippen LogP contribution is 2.24. The van der Waals surface area contributed by atoms with Gasteiger partial charge in [0.2, 0.25) is 0 Å². The van der Waals surface area contributed by atoms with E-state index in [9.17, 15) is 13.2 Å². The van der Waals surface area contributed by atoms with Crippen molar-refractivity contribution in [3.8, 4) is 0 Å². The van der Waals surface area contributed by atoms with Crippen LogP contribution >= 0.6 is 0 Å². The highest BCUT2D eigenvalue weighted by atomic mass is 32.2. The Hall–Kier alpha value is -2.47. The van der Waals surface area contributed by atoms with Crippen LogP contribution in [0.3, 0.4) is 0 Å². The largest absolute Gasteiger partial charge is 0.358 e. The van der Waals surface area contributed by atoms with Crippen molar-refractivity contribution in [2.45, 2.75) is 38.0 Å². The number of benzene rings is 2. The van der Waals surface area contributed by atoms with Gasteiger partial charge >= 0.3 is 10.1 Å². The van der Waals surface area contributed by atoms with E-state index in [1.54, 1.807) is 18.2 Å². The topological polar surface area (TPSA) is 72.8 Å². The number of carbonyl (C=O) groups excluding carboxylic acids is 1. The Morgan fingerprint density at radius 3 is 2.48 bits per heavy atom. The van der Waals surface area contributed by atoms with Gasteiger partial charge in [0.05, 0.1) is 5.71 Å². The first-order valence-electron chi connectivity index (χ1n) is 8.08. The molecule has 0 amide bonds. The van der Waals surface area contributed by atoms with Gasteiger partial charge in [-0.15, -0.1) is 0 Å². The zero-order chi connectivity index (χ0) is 18.0. The molecule has 1 aliphatic carbocycles. The fourth-order valence-electron chi connectivity index (χ4n) is 2.82. The van der Waals surface area contributed by atoms with E-state index in [2.05, 4.69) is 5.16 Å². The molecule has 0 radical (unpaired) electrons. The van der Waals surface area contributed by atoms with Crippen LogP contribution in [0.15, 0.2) is 52.5 Å². The zero-order valence-corrected chi connectivity index (χ0v) is 15.0. The summed E-state index contributed by atoms with van der Waals surface area (Å²) in [4.78, 5) is 11.6. The molecular weight excluding hydrogens is 338 g/mol. The molecule has 0 atom stereocenters. The molecule has 0 fully saturated rings. The molecule has 25 heavy (non-hydrogen) atoms. The standard InChI is InChI=1S/C19H19NO4S/c1-13-6-9-17(10-7-13)25(22,23)24-20-19-5-3-4-16-12-15(14(2)21)8-11-18(16)19/h6-12H,3-5H2,1-2H3/b20-19+. The predicted octanol–water partition coefficient (Wildman–Crippen LogP) is 3.64. The summed E-state index contributed by atoms with van der Waals surface area (Å²) in [6.07, 6.45) is 2.30. The van der Waals surface area contributed by atoms with Crippen LogP contribution in [-0.4, -0.2) is 19.9 Å². The second kappa shape index (κ2) is 6.80. The van der Waals surface area contributed by atoms with Gasteiger partial charge in [-0.2, -0.15) is 8.42 Å². The van der Waals surface area contributed by atoms with Crippen molar-refractivity contribution in [2.24, 2.45) is 5.16 Å². The van der Waals surface area contributed by atoms with Crippen LogP contribution in [0, 0.1) is 6.92 Å². The molecule has 5 nitrogen and oxygen atoms in total. The summed E-state index contributed by atoms with van der Waals surface area (Å²) in [5.41, 5.74) is 4.04. The van der Waals surface area contributed by atoms with Crippen LogP contribution < -0.4 is 0 Å². The second-order valence-electron chi connectivity index (χ2n) is 6.16. The summed E-state index contributed by atoms with van der Waals surface area (Å²) >= 11 is 0. The Morgan fingerprint density at radius 1 is 1.08 bits per heavy atom. The quantitative estimate of drug-likeness (QED) is 0.618. The number of ketones is 1. The lowest BCUT2D eigenvalue weighted by atomic mass is 9.88. The molecule has 0 N–H and O–H groups in total. The van der Waals surface area contributed by atoms with Gasteiger partial charge in [-0.05, 0) is 56.9 Å². The highest BCUT2D eigenvalue weighted by molar-refractivity contribution is 7.86. The van der Waals surface area contributed by atoms with E-state index in [1.807, 2.05) is 19.1 Å². The van der Waals surface area contributed by atoms with Crippen LogP contribution in [0.5, 0.6) is 0 Å². The normalized spacial score (nSPS) is 15.7. The SMILES string of the molecule is CC(=O)c1ccc2c(c1)CCC/C2=N\OS(=O)(=O)c1ccc(C)cc1. The second-order valence-corrected chi connectivity index (χ2v) is 7.69. The van der Waals surface area contributed by atoms with E-state index in [-0.39, 0.29) is 10.7 Å². The molecule has 1 aliphatic rings. The predicted molar refractivity (Wildman–Crippen MR) is 95.4 cm³/mol. The zero-order valence-electron chi connectivity index (χ0n) is 14.2. The van der Waals surface area contributed by atoms with Crippen molar-refractivity contribution in [2.75, 3.05) is 0 Å². The lowest BCUT2D eigenvalue weighted by molar-refractivity contribution is 0.101. The monoisotopic (exact) mass is 357 g/mol. The molecule has 0 unspecified atom stereocenters. The maximum Gasteiger partial charge on any atom is 0.358 e. The molecule has 0 spiro atoms. The average Bonchev–Trinajstić information content (AvgIpc) is 2.59. The molecule has 0 aromatic heterocycles. The maximum absolute atomic E-state index is 12.3. The summed E-state index contributed by atoms with van der Waals surface area (Å²) in [6, 6.07) is 11.8. The van der Waals surface area contributed by atoms with Crippen molar-refractivity contribution < 1.29 is 17.5 Å². The molecule has 3 rings (SSSR count). The molecule has 0 aliphatic heterocycles. The summed E-state index contributed by atoms with van der Waals surface area (Å²) in [5, 5.41) is 3.91. The number of Topliss-reactive ketones (excluding diaryl/α,β-unsaturated/α-hetero) is 1. The number of fused-ring (bicyclic) bond motifs is 1. The molecule has 6 heteroatoms. The Morgan fingerprint density at radius 2 is 1.80 bits per heavy atom. The lowest BCUT2D eigenvalue weighted by Crippen LogP contribution is -2.14. The first-order valence-corrected chi connectivity index (χ1v) is 9.49. The fourth-order valence-corrected chi connectivity index (χ4v) is 3.56. The smallest absolute Gasteiger partial charge is 0.295 e. The van der Waals surface area contributed by atoms with E-state index >= 15 is 0 Å². The van der Waals surface area contributed by atoms with Gasteiger partial charge in [0.25, 0.3) is 0 Å². The van der Waals surface area contributed by atoms with E-state index < -0.39 is 10.1 Å². The Bertz CT molecular complexity index is 944. The third-order valence-electron chi connectivity index (χ3n) is 4.24. The van der Waals surface area contributed by atoms with Crippen LogP contribution in [0.1, 0.15) is 46.8 Å². The Balaban J connectivity index is 1.88. The number of hydrogen-bond donors (Lipinski definition) is 0. The van der Waals surface area contributed by atoms with Crippen LogP contribution in [0.25, 0.3) is 0 Å². The molecule has 2 aromatic rings. The Kier molecular flexibility index (Phi) is 4.72. The Labute approximate surface area is 147 Å². The van der Waals surface area contributed by atoms with E-state index in [0.29, 0.717) is 17.7 Å². The minimum absolute atomic E-state index is 0.00469. The third kappa shape index (κ3) is 3.79. The minimum Gasteiger partial charge on any atom is -0.295 e. The molecular formula is C19H19NO4S. The van der Waals surface area contributed by atoms with Crippen molar-refractivity contribution in [3.63, 3.8) is 0 Å². The van der Waals surface area contributed by atoms with Crippen LogP contribution in [0.2, 0.25) is 0 Å². The third-order valence-corrected chi connectivity index (χ3v) is 5.36. The fraction of sp³-hybridized carbons (Fsp3) is 0.263. The van der Waals surface area contributed by atoms with E-state index in [4.69, 9.17) is 4.28 Å². The summed E-state index contributed by atoms with van der Waals surface area (Å²) in [7, 11) is -3.94. The van der Waals surface area contributed by atoms with Gasteiger partial charge in [-0.3, -0.25) is 9.08 Å². The summed E-state index contributed by atoms with van der Waals surface area (Å²) in [6.45, 7) is 3.41. The van der Waals surface area contributed by atoms with Gasteiger partial charge in [0.15, 0.2) is 5.78 Å². The van der Waals surface area contributed by atoms with Gasteiger partial charge in [-0.1, -0.05) is 35.0 Å². The van der Waals surface area contributed by atoms with Gasteiger partial charge < -0.3 is 0 Å². The lowest BCUT2D eigenvalue weighted by Gasteiger charge is -2.18. The minimum atomic E-state index is -3.94. The summed E-state index contributed by atoms with van der Waals surface area (Å²) < 4.78 is 29.5. The number of aryl methyl sites for hydroxylation is 2. The number of carbonyl (C=O) groups is 1. The van der Waals surface area contributed by atoms with E-state index in [0.717, 1.165) is 29.5 Å². The average molecular weight is 357 g/mol. The van der Waals surface area contributed by atoms with Gasteiger partial charge in [0.1, 0.15) is 4.90 Å². The van der Waals surface area contributed by atoms with Crippen LogP contribution in [0.4, 0.5) is 0 Å². The molecule has 0 saturated carbocycles. The highest BCUT2D eigenvalue weighted by Gasteiger charge is 2.20. The summed E-state index contributed by atoms with van der Waals surface area (Å²) in [5.74, 6) is 0.00469. The molecule has 130 valence electrons. The number of rotatable bonds is 4. The molecule has 0 heterocycles. The van der Waals surface area contributed by atoms with Crippen molar-refractivity contribution in [3.05, 3.63) is 64.7 Å². The van der Waals surface area contributed by atoms with Crippen molar-refractivity contribution >= 4 is 21.6 Å². The first kappa shape index (κ1) is 17.4. The van der Waals surface area contributed by atoms with Gasteiger partial charge in [-0.25, -0.2) is 0 Å². The maximum atomic E-state index is 12.3. The first-order chi connectivity index (χ1) is 11.9. The van der Waals surface area contributed by atoms with Crippen molar-refractivity contribution in [1.82, 2.24) is 0 Å². The number of oxime groups is 1. The van der Waals surface area contributed by atoms with E-state index in [1.165, 1.54) is 19.1 Å². The van der Waals surface area contributed by atoms with Crippen molar-refractivity contribution in [1.29, 1.82) is 0 Å². The molecule has 2 aromatic carbocycles. The van der Waals surface area contributed by atoms with Crippen LogP contribution in [-0.2, 0) is 20.8 Å².